The van der Waals surface area contributed by atoms with Crippen molar-refractivity contribution in [3.05, 3.63) is 77.6 Å². The normalized spacial score (nSPS) is 12.2. The molecule has 6 heteroatoms. The summed E-state index contributed by atoms with van der Waals surface area (Å²) in [4.78, 5) is 12.7. The molecule has 5 nitrogen and oxygen atoms in total. The zero-order chi connectivity index (χ0) is 17.9. The molecule has 2 heterocycles. The zero-order valence-corrected chi connectivity index (χ0v) is 15.1. The van der Waals surface area contributed by atoms with E-state index in [9.17, 15) is 4.79 Å². The molecule has 0 aliphatic carbocycles. The van der Waals surface area contributed by atoms with E-state index in [-0.39, 0.29) is 11.9 Å². The van der Waals surface area contributed by atoms with Gasteiger partial charge in [-0.15, -0.1) is 10.2 Å². The lowest BCUT2D eigenvalue weighted by atomic mass is 9.96. The van der Waals surface area contributed by atoms with Gasteiger partial charge in [-0.1, -0.05) is 53.8 Å². The van der Waals surface area contributed by atoms with E-state index in [0.29, 0.717) is 11.6 Å². The van der Waals surface area contributed by atoms with Crippen LogP contribution in [0, 0.1) is 6.92 Å². The van der Waals surface area contributed by atoms with Crippen molar-refractivity contribution in [1.29, 1.82) is 0 Å². The van der Waals surface area contributed by atoms with Crippen LogP contribution in [0.15, 0.2) is 67.0 Å². The molecule has 130 valence electrons. The maximum absolute atomic E-state index is 12.7. The van der Waals surface area contributed by atoms with Crippen LogP contribution in [0.3, 0.4) is 0 Å². The third kappa shape index (κ3) is 3.36. The number of rotatable bonds is 5. The third-order valence-corrected chi connectivity index (χ3v) is 5.08. The lowest BCUT2D eigenvalue weighted by Gasteiger charge is -2.21. The number of carbonyl (C=O) groups excluding carboxylic acids is 1. The van der Waals surface area contributed by atoms with Gasteiger partial charge in [-0.05, 0) is 35.4 Å². The Morgan fingerprint density at radius 3 is 2.62 bits per heavy atom. The Balaban J connectivity index is 1.68. The number of nitrogens with one attached hydrogen (secondary N) is 1. The van der Waals surface area contributed by atoms with Crippen molar-refractivity contribution in [3.8, 4) is 0 Å². The number of hydrogen-bond donors (Lipinski definition) is 1. The fourth-order valence-corrected chi connectivity index (χ4v) is 3.77. The Morgan fingerprint density at radius 1 is 1.08 bits per heavy atom. The highest BCUT2D eigenvalue weighted by Crippen LogP contribution is 2.30. The molecule has 0 saturated heterocycles. The van der Waals surface area contributed by atoms with Crippen molar-refractivity contribution in [2.45, 2.75) is 19.4 Å². The predicted octanol–water partition coefficient (Wildman–Crippen LogP) is 4.42. The minimum Gasteiger partial charge on any atom is -0.346 e. The molecule has 0 spiro atoms. The minimum absolute atomic E-state index is 0.0761. The number of aromatic nitrogens is 3. The van der Waals surface area contributed by atoms with Gasteiger partial charge in [0.25, 0.3) is 0 Å². The third-order valence-electron chi connectivity index (χ3n) is 4.32. The van der Waals surface area contributed by atoms with Gasteiger partial charge in [-0.25, -0.2) is 0 Å². The summed E-state index contributed by atoms with van der Waals surface area (Å²) in [6.45, 7) is 1.87. The number of anilines is 1. The summed E-state index contributed by atoms with van der Waals surface area (Å²) in [5.74, 6) is -0.0761. The number of aryl methyl sites for hydroxylation is 1. The average Bonchev–Trinajstić information content (AvgIpc) is 3.31. The Kier molecular flexibility index (Phi) is 4.50. The van der Waals surface area contributed by atoms with Crippen molar-refractivity contribution in [1.82, 2.24) is 14.8 Å². The Morgan fingerprint density at radius 2 is 1.85 bits per heavy atom. The second kappa shape index (κ2) is 7.09. The van der Waals surface area contributed by atoms with Crippen LogP contribution in [0.2, 0.25) is 0 Å². The highest BCUT2D eigenvalue weighted by molar-refractivity contribution is 7.15. The van der Waals surface area contributed by atoms with E-state index in [1.165, 1.54) is 16.7 Å². The molecule has 0 unspecified atom stereocenters. The minimum atomic E-state index is -0.0925. The smallest absolute Gasteiger partial charge is 0.228 e. The molecule has 0 fully saturated rings. The topological polar surface area (TPSA) is 59.8 Å². The molecule has 2 aromatic carbocycles. The molecule has 0 radical (unpaired) electrons. The molecule has 26 heavy (non-hydrogen) atoms. The fraction of sp³-hybridized carbons (Fsp3) is 0.150. The standard InChI is InChI=1S/C20H18N4OS/c1-14-22-23-20(26-14)21-19(25)13-18(24-11-4-5-12-24)17-10-6-8-15-7-2-3-9-16(15)17/h2-12,18H,13H2,1H3,(H,21,23,25)/t18-/m0/s1. The van der Waals surface area contributed by atoms with E-state index in [2.05, 4.69) is 44.3 Å². The summed E-state index contributed by atoms with van der Waals surface area (Å²) < 4.78 is 2.08. The maximum Gasteiger partial charge on any atom is 0.228 e. The SMILES string of the molecule is Cc1nnc(NC(=O)C[C@@H](c2cccc3ccccc23)n2cccc2)s1. The first-order valence-electron chi connectivity index (χ1n) is 8.41. The van der Waals surface area contributed by atoms with E-state index >= 15 is 0 Å². The summed E-state index contributed by atoms with van der Waals surface area (Å²) in [6, 6.07) is 18.3. The molecular formula is C20H18N4OS. The molecule has 0 aliphatic rings. The highest BCUT2D eigenvalue weighted by atomic mass is 32.1. The predicted molar refractivity (Wildman–Crippen MR) is 104 cm³/mol. The molecule has 1 amide bonds. The highest BCUT2D eigenvalue weighted by Gasteiger charge is 2.20. The number of nitrogens with zero attached hydrogens (tertiary/aromatic N) is 3. The first kappa shape index (κ1) is 16.5. The van der Waals surface area contributed by atoms with Crippen LogP contribution in [0.25, 0.3) is 10.8 Å². The van der Waals surface area contributed by atoms with Gasteiger partial charge in [-0.2, -0.15) is 0 Å². The summed E-state index contributed by atoms with van der Waals surface area (Å²) in [6.07, 6.45) is 4.31. The van der Waals surface area contributed by atoms with Crippen molar-refractivity contribution >= 4 is 33.1 Å². The van der Waals surface area contributed by atoms with Crippen LogP contribution < -0.4 is 5.32 Å². The van der Waals surface area contributed by atoms with Crippen LogP contribution in [-0.2, 0) is 4.79 Å². The molecule has 0 aliphatic heterocycles. The number of carbonyl (C=O) groups is 1. The van der Waals surface area contributed by atoms with Gasteiger partial charge < -0.3 is 9.88 Å². The molecule has 0 bridgehead atoms. The number of amides is 1. The average molecular weight is 362 g/mol. The van der Waals surface area contributed by atoms with Gasteiger partial charge in [-0.3, -0.25) is 4.79 Å². The summed E-state index contributed by atoms with van der Waals surface area (Å²) in [7, 11) is 0. The first-order valence-corrected chi connectivity index (χ1v) is 9.22. The van der Waals surface area contributed by atoms with Crippen molar-refractivity contribution in [2.24, 2.45) is 0 Å². The Bertz CT molecular complexity index is 1030. The lowest BCUT2D eigenvalue weighted by molar-refractivity contribution is -0.116. The van der Waals surface area contributed by atoms with Crippen LogP contribution in [0.4, 0.5) is 5.13 Å². The molecule has 0 saturated carbocycles. The Labute approximate surface area is 155 Å². The number of fused-ring (bicyclic) bond motifs is 1. The van der Waals surface area contributed by atoms with Gasteiger partial charge in [0.2, 0.25) is 11.0 Å². The van der Waals surface area contributed by atoms with Crippen molar-refractivity contribution in [3.63, 3.8) is 0 Å². The van der Waals surface area contributed by atoms with Gasteiger partial charge >= 0.3 is 0 Å². The van der Waals surface area contributed by atoms with E-state index in [4.69, 9.17) is 0 Å². The zero-order valence-electron chi connectivity index (χ0n) is 14.3. The van der Waals surface area contributed by atoms with Crippen LogP contribution in [0.5, 0.6) is 0 Å². The monoisotopic (exact) mass is 362 g/mol. The van der Waals surface area contributed by atoms with Gasteiger partial charge in [0, 0.05) is 12.4 Å². The second-order valence-corrected chi connectivity index (χ2v) is 7.27. The van der Waals surface area contributed by atoms with E-state index in [1.54, 1.807) is 0 Å². The van der Waals surface area contributed by atoms with E-state index < -0.39 is 0 Å². The van der Waals surface area contributed by atoms with Crippen molar-refractivity contribution in [2.75, 3.05) is 5.32 Å². The second-order valence-electron chi connectivity index (χ2n) is 6.09. The molecular weight excluding hydrogens is 344 g/mol. The van der Waals surface area contributed by atoms with Crippen LogP contribution >= 0.6 is 11.3 Å². The summed E-state index contributed by atoms with van der Waals surface area (Å²) in [5.41, 5.74) is 1.13. The van der Waals surface area contributed by atoms with Crippen LogP contribution in [-0.4, -0.2) is 20.7 Å². The maximum atomic E-state index is 12.7. The van der Waals surface area contributed by atoms with E-state index in [0.717, 1.165) is 16.0 Å². The molecule has 4 rings (SSSR count). The molecule has 2 aromatic heterocycles. The lowest BCUT2D eigenvalue weighted by Crippen LogP contribution is -2.19. The Hall–Kier alpha value is -2.99. The summed E-state index contributed by atoms with van der Waals surface area (Å²) >= 11 is 1.38. The quantitative estimate of drug-likeness (QED) is 0.572. The van der Waals surface area contributed by atoms with Gasteiger partial charge in [0.15, 0.2) is 0 Å². The van der Waals surface area contributed by atoms with Gasteiger partial charge in [0.05, 0.1) is 12.5 Å². The number of hydrogen-bond acceptors (Lipinski definition) is 4. The van der Waals surface area contributed by atoms with Crippen LogP contribution in [0.1, 0.15) is 23.0 Å². The van der Waals surface area contributed by atoms with Gasteiger partial charge in [0.1, 0.15) is 5.01 Å². The van der Waals surface area contributed by atoms with Crippen molar-refractivity contribution < 1.29 is 4.79 Å². The molecule has 1 atom stereocenters. The fourth-order valence-electron chi connectivity index (χ4n) is 3.17. The van der Waals surface area contributed by atoms with E-state index in [1.807, 2.05) is 49.6 Å². The summed E-state index contributed by atoms with van der Waals surface area (Å²) in [5, 5.41) is 14.5. The number of benzene rings is 2. The molecule has 1 N–H and O–H groups in total. The largest absolute Gasteiger partial charge is 0.346 e. The first-order chi connectivity index (χ1) is 12.7. The molecule has 4 aromatic rings.